The average Bonchev–Trinajstić information content (AvgIpc) is 2.43. The minimum atomic E-state index is -1.30. The Balaban J connectivity index is 3.03. The lowest BCUT2D eigenvalue weighted by Gasteiger charge is -2.13. The maximum Gasteiger partial charge on any atom is 0.330 e. The lowest BCUT2D eigenvalue weighted by atomic mass is 10.1. The molecule has 8 nitrogen and oxygen atoms in total. The van der Waals surface area contributed by atoms with Crippen LogP contribution in [-0.2, 0) is 9.53 Å². The molecule has 1 amide bonds. The SMILES string of the molecule is COC(=O)[C@@H](CO)NC(=O)c1ccc(Cl)cc1[N+](=O)[O-]. The van der Waals surface area contributed by atoms with Crippen molar-refractivity contribution in [2.45, 2.75) is 6.04 Å². The maximum absolute atomic E-state index is 11.9. The van der Waals surface area contributed by atoms with Gasteiger partial charge in [0.2, 0.25) is 0 Å². The summed E-state index contributed by atoms with van der Waals surface area (Å²) in [6, 6.07) is 2.17. The molecule has 1 atom stereocenters. The van der Waals surface area contributed by atoms with Crippen LogP contribution in [0.2, 0.25) is 5.02 Å². The number of nitrogens with zero attached hydrogens (tertiary/aromatic N) is 1. The number of hydrogen-bond donors (Lipinski definition) is 2. The zero-order chi connectivity index (χ0) is 15.3. The molecule has 0 saturated heterocycles. The van der Waals surface area contributed by atoms with Gasteiger partial charge in [-0.3, -0.25) is 14.9 Å². The Morgan fingerprint density at radius 2 is 2.20 bits per heavy atom. The summed E-state index contributed by atoms with van der Waals surface area (Å²) in [4.78, 5) is 33.2. The third-order valence-corrected chi connectivity index (χ3v) is 2.61. The first-order valence-electron chi connectivity index (χ1n) is 5.34. The molecule has 0 heterocycles. The van der Waals surface area contributed by atoms with Crippen LogP contribution in [0, 0.1) is 10.1 Å². The van der Waals surface area contributed by atoms with E-state index in [2.05, 4.69) is 10.1 Å². The number of nitrogens with one attached hydrogen (secondary N) is 1. The van der Waals surface area contributed by atoms with Gasteiger partial charge in [-0.15, -0.1) is 0 Å². The normalized spacial score (nSPS) is 11.6. The molecular formula is C11H11ClN2O6. The summed E-state index contributed by atoms with van der Waals surface area (Å²) in [7, 11) is 1.09. The number of carbonyl (C=O) groups is 2. The number of benzene rings is 1. The highest BCUT2D eigenvalue weighted by Crippen LogP contribution is 2.23. The molecule has 0 bridgehead atoms. The van der Waals surface area contributed by atoms with Gasteiger partial charge in [0.05, 0.1) is 18.6 Å². The van der Waals surface area contributed by atoms with Crippen molar-refractivity contribution < 1.29 is 24.4 Å². The molecule has 0 aliphatic carbocycles. The molecule has 1 aromatic carbocycles. The van der Waals surface area contributed by atoms with Crippen molar-refractivity contribution in [1.82, 2.24) is 5.32 Å². The van der Waals surface area contributed by atoms with Crippen LogP contribution in [0.4, 0.5) is 5.69 Å². The van der Waals surface area contributed by atoms with Gasteiger partial charge in [0.1, 0.15) is 5.56 Å². The minimum Gasteiger partial charge on any atom is -0.467 e. The summed E-state index contributed by atoms with van der Waals surface area (Å²) in [5.41, 5.74) is -0.779. The minimum absolute atomic E-state index is 0.0972. The van der Waals surface area contributed by atoms with E-state index in [1.807, 2.05) is 0 Å². The van der Waals surface area contributed by atoms with Crippen molar-refractivity contribution in [3.05, 3.63) is 38.9 Å². The van der Waals surface area contributed by atoms with Crippen LogP contribution < -0.4 is 5.32 Å². The molecule has 1 aromatic rings. The molecule has 0 aromatic heterocycles. The van der Waals surface area contributed by atoms with Crippen molar-refractivity contribution in [3.8, 4) is 0 Å². The summed E-state index contributed by atoms with van der Waals surface area (Å²) in [6.45, 7) is -0.695. The maximum atomic E-state index is 11.9. The van der Waals surface area contributed by atoms with Gasteiger partial charge < -0.3 is 15.2 Å². The molecule has 2 N–H and O–H groups in total. The van der Waals surface area contributed by atoms with E-state index in [4.69, 9.17) is 16.7 Å². The lowest BCUT2D eigenvalue weighted by Crippen LogP contribution is -2.44. The van der Waals surface area contributed by atoms with Crippen LogP contribution in [0.3, 0.4) is 0 Å². The molecule has 0 spiro atoms. The molecule has 20 heavy (non-hydrogen) atoms. The molecule has 0 saturated carbocycles. The van der Waals surface area contributed by atoms with Crippen LogP contribution >= 0.6 is 11.6 Å². The van der Waals surface area contributed by atoms with Crippen LogP contribution in [-0.4, -0.2) is 41.7 Å². The first-order chi connectivity index (χ1) is 9.40. The van der Waals surface area contributed by atoms with E-state index in [-0.39, 0.29) is 10.6 Å². The highest BCUT2D eigenvalue weighted by atomic mass is 35.5. The van der Waals surface area contributed by atoms with Crippen molar-refractivity contribution in [2.75, 3.05) is 13.7 Å². The number of ether oxygens (including phenoxy) is 1. The fourth-order valence-electron chi connectivity index (χ4n) is 1.41. The van der Waals surface area contributed by atoms with Gasteiger partial charge in [-0.05, 0) is 12.1 Å². The number of hydrogen-bond acceptors (Lipinski definition) is 6. The Morgan fingerprint density at radius 1 is 1.55 bits per heavy atom. The number of carbonyl (C=O) groups excluding carboxylic acids is 2. The van der Waals surface area contributed by atoms with Gasteiger partial charge in [0, 0.05) is 11.1 Å². The highest BCUT2D eigenvalue weighted by molar-refractivity contribution is 6.31. The Morgan fingerprint density at radius 3 is 2.70 bits per heavy atom. The monoisotopic (exact) mass is 302 g/mol. The molecule has 1 rings (SSSR count). The van der Waals surface area contributed by atoms with E-state index in [1.54, 1.807) is 0 Å². The van der Waals surface area contributed by atoms with Crippen LogP contribution in [0.25, 0.3) is 0 Å². The molecule has 108 valence electrons. The van der Waals surface area contributed by atoms with Crippen molar-refractivity contribution in [3.63, 3.8) is 0 Å². The Labute approximate surface area is 118 Å². The Bertz CT molecular complexity index is 548. The molecule has 0 aliphatic heterocycles. The number of rotatable bonds is 5. The first-order valence-corrected chi connectivity index (χ1v) is 5.72. The summed E-state index contributed by atoms with van der Waals surface area (Å²) in [5.74, 6) is -1.75. The number of amides is 1. The van der Waals surface area contributed by atoms with Crippen molar-refractivity contribution in [2.24, 2.45) is 0 Å². The fraction of sp³-hybridized carbons (Fsp3) is 0.273. The van der Waals surface area contributed by atoms with Crippen LogP contribution in [0.15, 0.2) is 18.2 Å². The van der Waals surface area contributed by atoms with Crippen LogP contribution in [0.1, 0.15) is 10.4 Å². The summed E-state index contributed by atoms with van der Waals surface area (Å²) in [6.07, 6.45) is 0. The van der Waals surface area contributed by atoms with E-state index in [9.17, 15) is 19.7 Å². The second kappa shape index (κ2) is 6.83. The van der Waals surface area contributed by atoms with Gasteiger partial charge in [-0.2, -0.15) is 0 Å². The van der Waals surface area contributed by atoms with Crippen LogP contribution in [0.5, 0.6) is 0 Å². The lowest BCUT2D eigenvalue weighted by molar-refractivity contribution is -0.385. The van der Waals surface area contributed by atoms with Crippen molar-refractivity contribution >= 4 is 29.2 Å². The summed E-state index contributed by atoms with van der Waals surface area (Å²) >= 11 is 5.62. The third-order valence-electron chi connectivity index (χ3n) is 2.37. The Kier molecular flexibility index (Phi) is 5.42. The number of nitro benzene ring substituents is 1. The Hall–Kier alpha value is -2.19. The number of nitro groups is 1. The number of halogens is 1. The number of aliphatic hydroxyl groups is 1. The number of aliphatic hydroxyl groups excluding tert-OH is 1. The van der Waals surface area contributed by atoms with Gasteiger partial charge in [0.15, 0.2) is 6.04 Å². The molecule has 9 heteroatoms. The largest absolute Gasteiger partial charge is 0.467 e. The second-order valence-electron chi connectivity index (χ2n) is 3.65. The molecule has 0 radical (unpaired) electrons. The number of methoxy groups -OCH3 is 1. The highest BCUT2D eigenvalue weighted by Gasteiger charge is 2.26. The molecule has 0 aliphatic rings. The van der Waals surface area contributed by atoms with Gasteiger partial charge in [0.25, 0.3) is 11.6 Å². The zero-order valence-electron chi connectivity index (χ0n) is 10.3. The quantitative estimate of drug-likeness (QED) is 0.465. The van der Waals surface area contributed by atoms with Gasteiger partial charge in [-0.1, -0.05) is 11.6 Å². The number of esters is 1. The van der Waals surface area contributed by atoms with E-state index in [0.717, 1.165) is 19.2 Å². The molecule has 0 unspecified atom stereocenters. The zero-order valence-corrected chi connectivity index (χ0v) is 11.1. The first kappa shape index (κ1) is 15.9. The molecular weight excluding hydrogens is 292 g/mol. The van der Waals surface area contributed by atoms with E-state index < -0.39 is 35.1 Å². The van der Waals surface area contributed by atoms with E-state index in [1.165, 1.54) is 6.07 Å². The second-order valence-corrected chi connectivity index (χ2v) is 4.09. The summed E-state index contributed by atoms with van der Waals surface area (Å²) < 4.78 is 4.37. The smallest absolute Gasteiger partial charge is 0.330 e. The predicted octanol–water partition coefficient (Wildman–Crippen LogP) is 0.512. The standard InChI is InChI=1S/C11H11ClN2O6/c1-20-11(17)8(5-15)13-10(16)7-3-2-6(12)4-9(7)14(18)19/h2-4,8,15H,5H2,1H3,(H,13,16)/t8-/m1/s1. The predicted molar refractivity (Wildman–Crippen MR) is 68.5 cm³/mol. The molecule has 0 fully saturated rings. The third kappa shape index (κ3) is 3.65. The van der Waals surface area contributed by atoms with Gasteiger partial charge in [-0.25, -0.2) is 4.79 Å². The summed E-state index contributed by atoms with van der Waals surface area (Å²) in [5, 5.41) is 22.1. The van der Waals surface area contributed by atoms with E-state index >= 15 is 0 Å². The van der Waals surface area contributed by atoms with Gasteiger partial charge >= 0.3 is 5.97 Å². The topological polar surface area (TPSA) is 119 Å². The van der Waals surface area contributed by atoms with E-state index in [0.29, 0.717) is 0 Å². The van der Waals surface area contributed by atoms with Crippen molar-refractivity contribution in [1.29, 1.82) is 0 Å². The average molecular weight is 303 g/mol. The fourth-order valence-corrected chi connectivity index (χ4v) is 1.57.